The zero-order valence-electron chi connectivity index (χ0n) is 7.75. The fourth-order valence-electron chi connectivity index (χ4n) is 1.30. The van der Waals surface area contributed by atoms with E-state index < -0.39 is 6.10 Å². The third kappa shape index (κ3) is 2.14. The van der Waals surface area contributed by atoms with Crippen molar-refractivity contribution in [2.75, 3.05) is 13.0 Å². The molecule has 1 aromatic rings. The first-order valence-electron chi connectivity index (χ1n) is 4.08. The first-order valence-corrected chi connectivity index (χ1v) is 4.61. The number of methoxy groups -OCH3 is 1. The minimum absolute atomic E-state index is 0.202. The predicted molar refractivity (Wildman–Crippen MR) is 53.4 cm³/mol. The number of hydrogen-bond acceptors (Lipinski definition) is 2. The minimum Gasteiger partial charge on any atom is -0.496 e. The number of alkyl halides is 1. The lowest BCUT2D eigenvalue weighted by Gasteiger charge is -2.13. The van der Waals surface area contributed by atoms with Crippen molar-refractivity contribution in [2.24, 2.45) is 0 Å². The van der Waals surface area contributed by atoms with Crippen LogP contribution in [-0.4, -0.2) is 18.1 Å². The summed E-state index contributed by atoms with van der Waals surface area (Å²) in [5.74, 6) is 0.982. The summed E-state index contributed by atoms with van der Waals surface area (Å²) in [6.45, 7) is 1.91. The van der Waals surface area contributed by atoms with Crippen LogP contribution in [0.3, 0.4) is 0 Å². The van der Waals surface area contributed by atoms with Gasteiger partial charge in [0.05, 0.1) is 19.1 Å². The highest BCUT2D eigenvalue weighted by molar-refractivity contribution is 6.18. The summed E-state index contributed by atoms with van der Waals surface area (Å²) in [5.41, 5.74) is 1.77. The lowest BCUT2D eigenvalue weighted by Crippen LogP contribution is -2.02. The minimum atomic E-state index is -0.614. The molecule has 1 N–H and O–H groups in total. The molecule has 0 saturated heterocycles. The molecule has 0 aromatic heterocycles. The first kappa shape index (κ1) is 10.4. The zero-order valence-corrected chi connectivity index (χ0v) is 8.51. The third-order valence-electron chi connectivity index (χ3n) is 2.05. The molecular formula is C10H13ClO2. The Morgan fingerprint density at radius 1 is 1.54 bits per heavy atom. The van der Waals surface area contributed by atoms with Gasteiger partial charge in [-0.05, 0) is 24.1 Å². The highest BCUT2D eigenvalue weighted by Gasteiger charge is 2.11. The topological polar surface area (TPSA) is 29.5 Å². The van der Waals surface area contributed by atoms with Crippen LogP contribution in [-0.2, 0) is 0 Å². The molecule has 0 saturated carbocycles. The summed E-state index contributed by atoms with van der Waals surface area (Å²) in [6.07, 6.45) is -0.614. The molecular weight excluding hydrogens is 188 g/mol. The molecule has 72 valence electrons. The van der Waals surface area contributed by atoms with Gasteiger partial charge in [-0.15, -0.1) is 11.6 Å². The number of halogens is 1. The van der Waals surface area contributed by atoms with Crippen LogP contribution in [0.1, 0.15) is 17.2 Å². The van der Waals surface area contributed by atoms with E-state index in [1.165, 1.54) is 0 Å². The molecule has 0 aliphatic rings. The van der Waals surface area contributed by atoms with E-state index in [-0.39, 0.29) is 5.88 Å². The maximum Gasteiger partial charge on any atom is 0.122 e. The summed E-state index contributed by atoms with van der Waals surface area (Å²) in [7, 11) is 1.61. The Labute approximate surface area is 83.1 Å². The molecule has 13 heavy (non-hydrogen) atoms. The van der Waals surface area contributed by atoms with Gasteiger partial charge in [0.15, 0.2) is 0 Å². The lowest BCUT2D eigenvalue weighted by molar-refractivity contribution is 0.201. The van der Waals surface area contributed by atoms with Gasteiger partial charge in [-0.1, -0.05) is 12.1 Å². The Bertz CT molecular complexity index is 286. The number of rotatable bonds is 3. The molecule has 1 aromatic carbocycles. The van der Waals surface area contributed by atoms with Crippen LogP contribution in [0.4, 0.5) is 0 Å². The van der Waals surface area contributed by atoms with Crippen LogP contribution < -0.4 is 4.74 Å². The van der Waals surface area contributed by atoms with E-state index in [0.29, 0.717) is 0 Å². The largest absolute Gasteiger partial charge is 0.496 e. The van der Waals surface area contributed by atoms with E-state index in [1.54, 1.807) is 7.11 Å². The number of aliphatic hydroxyl groups excluding tert-OH is 1. The van der Waals surface area contributed by atoms with Crippen LogP contribution in [0.15, 0.2) is 18.2 Å². The molecule has 0 spiro atoms. The Balaban J connectivity index is 3.08. The average molecular weight is 201 g/mol. The van der Waals surface area contributed by atoms with E-state index in [0.717, 1.165) is 16.9 Å². The van der Waals surface area contributed by atoms with Gasteiger partial charge >= 0.3 is 0 Å². The second-order valence-corrected chi connectivity index (χ2v) is 3.15. The van der Waals surface area contributed by atoms with Crippen molar-refractivity contribution < 1.29 is 9.84 Å². The zero-order chi connectivity index (χ0) is 9.84. The third-order valence-corrected chi connectivity index (χ3v) is 2.34. The maximum atomic E-state index is 9.54. The smallest absolute Gasteiger partial charge is 0.122 e. The van der Waals surface area contributed by atoms with Crippen LogP contribution in [0, 0.1) is 6.92 Å². The van der Waals surface area contributed by atoms with E-state index in [4.69, 9.17) is 16.3 Å². The second-order valence-electron chi connectivity index (χ2n) is 2.84. The number of ether oxygens (including phenoxy) is 1. The number of benzene rings is 1. The quantitative estimate of drug-likeness (QED) is 0.759. The van der Waals surface area contributed by atoms with Gasteiger partial charge in [0.1, 0.15) is 5.75 Å². The van der Waals surface area contributed by atoms with Gasteiger partial charge < -0.3 is 9.84 Å². The van der Waals surface area contributed by atoms with Crippen LogP contribution in [0.25, 0.3) is 0 Å². The van der Waals surface area contributed by atoms with Crippen molar-refractivity contribution in [3.8, 4) is 5.75 Å². The molecule has 0 radical (unpaired) electrons. The van der Waals surface area contributed by atoms with Gasteiger partial charge in [0.25, 0.3) is 0 Å². The predicted octanol–water partition coefficient (Wildman–Crippen LogP) is 2.28. The molecule has 1 rings (SSSR count). The number of hydrogen-bond donors (Lipinski definition) is 1. The molecule has 0 heterocycles. The average Bonchev–Trinajstić information content (AvgIpc) is 2.17. The van der Waals surface area contributed by atoms with Gasteiger partial charge in [-0.3, -0.25) is 0 Å². The summed E-state index contributed by atoms with van der Waals surface area (Å²) in [4.78, 5) is 0. The molecule has 0 aliphatic heterocycles. The molecule has 0 fully saturated rings. The molecule has 1 unspecified atom stereocenters. The molecule has 3 heteroatoms. The highest BCUT2D eigenvalue weighted by Crippen LogP contribution is 2.26. The van der Waals surface area contributed by atoms with Crippen molar-refractivity contribution in [2.45, 2.75) is 13.0 Å². The summed E-state index contributed by atoms with van der Waals surface area (Å²) in [6, 6.07) is 5.56. The van der Waals surface area contributed by atoms with Crippen molar-refractivity contribution in [1.29, 1.82) is 0 Å². The second kappa shape index (κ2) is 4.49. The van der Waals surface area contributed by atoms with Crippen molar-refractivity contribution in [1.82, 2.24) is 0 Å². The van der Waals surface area contributed by atoms with Gasteiger partial charge in [-0.25, -0.2) is 0 Å². The van der Waals surface area contributed by atoms with Crippen molar-refractivity contribution in [3.05, 3.63) is 29.3 Å². The molecule has 0 bridgehead atoms. The summed E-state index contributed by atoms with van der Waals surface area (Å²) in [5, 5.41) is 9.54. The Hall–Kier alpha value is -0.730. The fourth-order valence-corrected chi connectivity index (χ4v) is 1.46. The van der Waals surface area contributed by atoms with E-state index in [1.807, 2.05) is 25.1 Å². The van der Waals surface area contributed by atoms with E-state index >= 15 is 0 Å². The van der Waals surface area contributed by atoms with Crippen molar-refractivity contribution in [3.63, 3.8) is 0 Å². The molecule has 2 nitrogen and oxygen atoms in total. The molecule has 0 amide bonds. The van der Waals surface area contributed by atoms with Crippen molar-refractivity contribution >= 4 is 11.6 Å². The van der Waals surface area contributed by atoms with Gasteiger partial charge in [0, 0.05) is 0 Å². The van der Waals surface area contributed by atoms with E-state index in [9.17, 15) is 5.11 Å². The lowest BCUT2D eigenvalue weighted by atomic mass is 10.0. The SMILES string of the molecule is COc1cccc(C(O)CCl)c1C. The van der Waals surface area contributed by atoms with Crippen LogP contribution in [0.2, 0.25) is 0 Å². The van der Waals surface area contributed by atoms with Crippen LogP contribution >= 0.6 is 11.6 Å². The summed E-state index contributed by atoms with van der Waals surface area (Å²) < 4.78 is 5.13. The monoisotopic (exact) mass is 200 g/mol. The normalized spacial score (nSPS) is 12.6. The van der Waals surface area contributed by atoms with Gasteiger partial charge in [0.2, 0.25) is 0 Å². The maximum absolute atomic E-state index is 9.54. The number of aliphatic hydroxyl groups is 1. The van der Waals surface area contributed by atoms with Crippen LogP contribution in [0.5, 0.6) is 5.75 Å². The molecule has 1 atom stereocenters. The highest BCUT2D eigenvalue weighted by atomic mass is 35.5. The standard InChI is InChI=1S/C10H13ClO2/c1-7-8(9(12)6-11)4-3-5-10(7)13-2/h3-5,9,12H,6H2,1-2H3. The van der Waals surface area contributed by atoms with Gasteiger partial charge in [-0.2, -0.15) is 0 Å². The Morgan fingerprint density at radius 2 is 2.23 bits per heavy atom. The fraction of sp³-hybridized carbons (Fsp3) is 0.400. The summed E-state index contributed by atoms with van der Waals surface area (Å²) >= 11 is 5.56. The van der Waals surface area contributed by atoms with E-state index in [2.05, 4.69) is 0 Å². The Morgan fingerprint density at radius 3 is 2.77 bits per heavy atom. The first-order chi connectivity index (χ1) is 6.20. The molecule has 0 aliphatic carbocycles. The Kier molecular flexibility index (Phi) is 3.58.